The van der Waals surface area contributed by atoms with Crippen LogP contribution >= 0.6 is 0 Å². The van der Waals surface area contributed by atoms with E-state index in [1.165, 1.54) is 12.1 Å². The van der Waals surface area contributed by atoms with Gasteiger partial charge in [0.1, 0.15) is 29.9 Å². The lowest BCUT2D eigenvalue weighted by Crippen LogP contribution is -2.54. The monoisotopic (exact) mass is 395 g/mol. The van der Waals surface area contributed by atoms with Crippen molar-refractivity contribution in [2.24, 2.45) is 0 Å². The minimum Gasteiger partial charge on any atom is -0.487 e. The molecular formula is C20H17N3O6. The number of rotatable bonds is 5. The van der Waals surface area contributed by atoms with Gasteiger partial charge in [-0.25, -0.2) is 0 Å². The molecule has 1 aromatic carbocycles. The Balaban J connectivity index is 1.32. The number of nitrogens with one attached hydrogen (secondary N) is 1. The number of carbonyl (C=O) groups excluding carboxylic acids is 4. The zero-order valence-electron chi connectivity index (χ0n) is 15.3. The summed E-state index contributed by atoms with van der Waals surface area (Å²) in [6.45, 7) is 0.175. The number of ether oxygens (including phenoxy) is 1. The molecule has 1 unspecified atom stereocenters. The van der Waals surface area contributed by atoms with Gasteiger partial charge < -0.3 is 9.26 Å². The molecule has 0 radical (unpaired) electrons. The fourth-order valence-corrected chi connectivity index (χ4v) is 3.65. The van der Waals surface area contributed by atoms with Crippen LogP contribution in [-0.4, -0.2) is 39.7 Å². The minimum absolute atomic E-state index is 0.0821. The summed E-state index contributed by atoms with van der Waals surface area (Å²) in [5.74, 6) is -0.428. The quantitative estimate of drug-likeness (QED) is 0.763. The molecule has 1 N–H and O–H groups in total. The number of carbonyl (C=O) groups is 4. The highest BCUT2D eigenvalue weighted by Gasteiger charge is 2.44. The highest BCUT2D eigenvalue weighted by Crippen LogP contribution is 2.40. The van der Waals surface area contributed by atoms with Gasteiger partial charge in [-0.3, -0.25) is 29.4 Å². The van der Waals surface area contributed by atoms with Crippen molar-refractivity contribution in [3.63, 3.8) is 0 Å². The summed E-state index contributed by atoms with van der Waals surface area (Å²) >= 11 is 0. The second-order valence-electron chi connectivity index (χ2n) is 7.44. The van der Waals surface area contributed by atoms with Gasteiger partial charge in [-0.1, -0.05) is 5.16 Å². The molecule has 4 amide bonds. The average Bonchev–Trinajstić information content (AvgIpc) is 3.40. The Morgan fingerprint density at radius 3 is 2.62 bits per heavy atom. The Bertz CT molecular complexity index is 1050. The van der Waals surface area contributed by atoms with E-state index in [1.54, 1.807) is 6.07 Å². The van der Waals surface area contributed by atoms with Gasteiger partial charge in [-0.2, -0.15) is 0 Å². The topological polar surface area (TPSA) is 119 Å². The largest absolute Gasteiger partial charge is 0.487 e. The average molecular weight is 395 g/mol. The maximum atomic E-state index is 12.8. The third-order valence-electron chi connectivity index (χ3n) is 5.35. The maximum Gasteiger partial charge on any atom is 0.262 e. The van der Waals surface area contributed by atoms with Crippen LogP contribution in [0.5, 0.6) is 5.75 Å². The second kappa shape index (κ2) is 6.54. The molecule has 3 aliphatic rings. The van der Waals surface area contributed by atoms with E-state index in [0.29, 0.717) is 17.4 Å². The zero-order valence-corrected chi connectivity index (χ0v) is 15.3. The minimum atomic E-state index is -0.986. The first-order valence-corrected chi connectivity index (χ1v) is 9.45. The Morgan fingerprint density at radius 2 is 1.86 bits per heavy atom. The smallest absolute Gasteiger partial charge is 0.262 e. The van der Waals surface area contributed by atoms with E-state index >= 15 is 0 Å². The number of nitrogens with zero attached hydrogens (tertiary/aromatic N) is 2. The number of aromatic nitrogens is 1. The van der Waals surface area contributed by atoms with Crippen molar-refractivity contribution >= 4 is 23.6 Å². The molecule has 29 heavy (non-hydrogen) atoms. The molecule has 1 saturated heterocycles. The molecule has 2 fully saturated rings. The predicted octanol–water partition coefficient (Wildman–Crippen LogP) is 1.53. The van der Waals surface area contributed by atoms with E-state index in [1.807, 2.05) is 6.07 Å². The Hall–Kier alpha value is -3.49. The molecule has 1 aromatic heterocycles. The van der Waals surface area contributed by atoms with Crippen molar-refractivity contribution in [1.29, 1.82) is 0 Å². The molecule has 9 nitrogen and oxygen atoms in total. The molecule has 0 spiro atoms. The Kier molecular flexibility index (Phi) is 3.97. The number of hydrogen-bond donors (Lipinski definition) is 1. The summed E-state index contributed by atoms with van der Waals surface area (Å²) in [4.78, 5) is 49.8. The Labute approximate surface area is 165 Å². The lowest BCUT2D eigenvalue weighted by molar-refractivity contribution is -0.136. The first-order chi connectivity index (χ1) is 14.0. The molecule has 1 atom stereocenters. The van der Waals surface area contributed by atoms with Gasteiger partial charge >= 0.3 is 0 Å². The molecule has 1 aliphatic carbocycles. The van der Waals surface area contributed by atoms with Crippen LogP contribution in [0.1, 0.15) is 63.8 Å². The number of benzene rings is 1. The number of hydrogen-bond acceptors (Lipinski definition) is 7. The predicted molar refractivity (Wildman–Crippen MR) is 95.9 cm³/mol. The van der Waals surface area contributed by atoms with E-state index in [-0.39, 0.29) is 30.6 Å². The first kappa shape index (κ1) is 17.6. The third kappa shape index (κ3) is 3.08. The summed E-state index contributed by atoms with van der Waals surface area (Å²) in [5.41, 5.74) is 1.04. The van der Waals surface area contributed by atoms with Crippen molar-refractivity contribution in [3.8, 4) is 5.75 Å². The van der Waals surface area contributed by atoms with Crippen LogP contribution in [-0.2, 0) is 16.2 Å². The molecule has 0 bridgehead atoms. The lowest BCUT2D eigenvalue weighted by Gasteiger charge is -2.27. The summed E-state index contributed by atoms with van der Waals surface area (Å²) in [5, 5.41) is 6.15. The van der Waals surface area contributed by atoms with E-state index < -0.39 is 29.7 Å². The number of fused-ring (bicyclic) bond motifs is 1. The molecular weight excluding hydrogens is 378 g/mol. The van der Waals surface area contributed by atoms with Crippen molar-refractivity contribution in [1.82, 2.24) is 15.4 Å². The fraction of sp³-hybridized carbons (Fsp3) is 0.350. The summed E-state index contributed by atoms with van der Waals surface area (Å²) in [6, 6.07) is 5.48. The van der Waals surface area contributed by atoms with Crippen molar-refractivity contribution in [3.05, 3.63) is 46.8 Å². The van der Waals surface area contributed by atoms with Crippen molar-refractivity contribution in [2.45, 2.75) is 44.2 Å². The van der Waals surface area contributed by atoms with Gasteiger partial charge in [-0.15, -0.1) is 0 Å². The maximum absolute atomic E-state index is 12.8. The molecule has 5 rings (SSSR count). The first-order valence-electron chi connectivity index (χ1n) is 9.45. The molecule has 9 heteroatoms. The van der Waals surface area contributed by atoms with E-state index in [2.05, 4.69) is 10.5 Å². The number of amides is 4. The normalized spacial score (nSPS) is 21.4. The van der Waals surface area contributed by atoms with Gasteiger partial charge in [0.15, 0.2) is 0 Å². The molecule has 1 saturated carbocycles. The SMILES string of the molecule is O=C1CCC(N2C(=O)c3ccc(OCc4cc(C5CC5)on4)cc3C2=O)C(=O)N1. The summed E-state index contributed by atoms with van der Waals surface area (Å²) in [6.07, 6.45) is 2.42. The highest BCUT2D eigenvalue weighted by atomic mass is 16.5. The molecule has 148 valence electrons. The standard InChI is InChI=1S/C20H17N3O6/c24-17-6-5-15(18(25)21-17)23-19(26)13-4-3-12(8-14(13)20(23)27)28-9-11-7-16(29-22-11)10-1-2-10/h3-4,7-8,10,15H,1-2,5-6,9H2,(H,21,24,25). The van der Waals surface area contributed by atoms with Gasteiger partial charge in [0.2, 0.25) is 11.8 Å². The van der Waals surface area contributed by atoms with Gasteiger partial charge in [-0.05, 0) is 37.5 Å². The third-order valence-corrected chi connectivity index (χ3v) is 5.35. The number of piperidine rings is 1. The lowest BCUT2D eigenvalue weighted by atomic mass is 10.0. The molecule has 3 heterocycles. The van der Waals surface area contributed by atoms with Crippen LogP contribution in [0, 0.1) is 0 Å². The van der Waals surface area contributed by atoms with Gasteiger partial charge in [0, 0.05) is 18.4 Å². The van der Waals surface area contributed by atoms with Gasteiger partial charge in [0.05, 0.1) is 11.1 Å². The van der Waals surface area contributed by atoms with E-state index in [0.717, 1.165) is 23.5 Å². The van der Waals surface area contributed by atoms with Crippen LogP contribution in [0.25, 0.3) is 0 Å². The van der Waals surface area contributed by atoms with Crippen LogP contribution in [0.2, 0.25) is 0 Å². The van der Waals surface area contributed by atoms with Crippen molar-refractivity contribution in [2.75, 3.05) is 0 Å². The van der Waals surface area contributed by atoms with Crippen LogP contribution in [0.3, 0.4) is 0 Å². The molecule has 2 aromatic rings. The van der Waals surface area contributed by atoms with Crippen LogP contribution < -0.4 is 10.1 Å². The van der Waals surface area contributed by atoms with Crippen LogP contribution in [0.15, 0.2) is 28.8 Å². The van der Waals surface area contributed by atoms with Crippen molar-refractivity contribution < 1.29 is 28.4 Å². The van der Waals surface area contributed by atoms with Crippen LogP contribution in [0.4, 0.5) is 0 Å². The fourth-order valence-electron chi connectivity index (χ4n) is 3.65. The summed E-state index contributed by atoms with van der Waals surface area (Å²) in [7, 11) is 0. The number of imide groups is 2. The zero-order chi connectivity index (χ0) is 20.1. The van der Waals surface area contributed by atoms with Gasteiger partial charge in [0.25, 0.3) is 11.8 Å². The molecule has 2 aliphatic heterocycles. The highest BCUT2D eigenvalue weighted by molar-refractivity contribution is 6.23. The van der Waals surface area contributed by atoms with E-state index in [9.17, 15) is 19.2 Å². The second-order valence-corrected chi connectivity index (χ2v) is 7.44. The van der Waals surface area contributed by atoms with E-state index in [4.69, 9.17) is 9.26 Å². The summed E-state index contributed by atoms with van der Waals surface area (Å²) < 4.78 is 11.0. The Morgan fingerprint density at radius 1 is 1.07 bits per heavy atom.